The Morgan fingerprint density at radius 3 is 2.29 bits per heavy atom. The lowest BCUT2D eigenvalue weighted by Crippen LogP contribution is -2.65. The first-order valence-corrected chi connectivity index (χ1v) is 18.2. The van der Waals surface area contributed by atoms with Crippen molar-refractivity contribution in [1.82, 2.24) is 10.2 Å². The number of nitrogens with zero attached hydrogens (tertiary/aromatic N) is 1. The quantitative estimate of drug-likeness (QED) is 0.226. The average Bonchev–Trinajstić information content (AvgIpc) is 3.36. The molecule has 0 aromatic heterocycles. The van der Waals surface area contributed by atoms with E-state index in [0.29, 0.717) is 33.6 Å². The number of fused-ring (bicyclic) bond motifs is 7. The Labute approximate surface area is 274 Å². The molecule has 4 fully saturated rings. The van der Waals surface area contributed by atoms with E-state index in [4.69, 9.17) is 0 Å². The van der Waals surface area contributed by atoms with Crippen LogP contribution in [0.1, 0.15) is 115 Å². The molecule has 0 bridgehead atoms. The van der Waals surface area contributed by atoms with Crippen LogP contribution in [-0.4, -0.2) is 49.7 Å². The van der Waals surface area contributed by atoms with E-state index in [0.717, 1.165) is 37.3 Å². The van der Waals surface area contributed by atoms with Crippen molar-refractivity contribution >= 4 is 11.5 Å². The van der Waals surface area contributed by atoms with Crippen molar-refractivity contribution in [2.24, 2.45) is 56.7 Å². The van der Waals surface area contributed by atoms with Gasteiger partial charge in [0.15, 0.2) is 0 Å². The zero-order valence-corrected chi connectivity index (χ0v) is 29.8. The van der Waals surface area contributed by atoms with E-state index in [1.54, 1.807) is 12.1 Å². The lowest BCUT2D eigenvalue weighted by atomic mass is 9.32. The molecule has 1 aromatic rings. The summed E-state index contributed by atoms with van der Waals surface area (Å²) in [4.78, 5) is 13.8. The number of nitrogens with one attached hydrogen (secondary N) is 1. The molecule has 0 unspecified atom stereocenters. The Morgan fingerprint density at radius 2 is 1.64 bits per heavy atom. The minimum absolute atomic E-state index is 0.0489. The molecule has 6 rings (SSSR count). The Hall–Kier alpha value is -1.91. The topological polar surface area (TPSA) is 52.6 Å². The Morgan fingerprint density at radius 1 is 0.933 bits per heavy atom. The number of hydrogen-bond acceptors (Lipinski definition) is 3. The van der Waals surface area contributed by atoms with Crippen molar-refractivity contribution in [2.75, 3.05) is 33.7 Å². The number of carboxylic acids is 1. The Balaban J connectivity index is 1.31. The van der Waals surface area contributed by atoms with E-state index in [1.807, 2.05) is 12.1 Å². The van der Waals surface area contributed by atoms with E-state index in [-0.39, 0.29) is 10.8 Å². The van der Waals surface area contributed by atoms with E-state index in [9.17, 15) is 9.90 Å². The molecule has 4 saturated carbocycles. The van der Waals surface area contributed by atoms with Gasteiger partial charge in [0, 0.05) is 19.6 Å². The molecule has 5 aliphatic carbocycles. The van der Waals surface area contributed by atoms with Gasteiger partial charge in [-0.15, -0.1) is 0 Å². The highest BCUT2D eigenvalue weighted by Crippen LogP contribution is 2.77. The first-order valence-electron chi connectivity index (χ1n) is 18.2. The smallest absolute Gasteiger partial charge is 0.335 e. The van der Waals surface area contributed by atoms with Crippen LogP contribution in [0.5, 0.6) is 0 Å². The van der Waals surface area contributed by atoms with Crippen LogP contribution in [0, 0.1) is 56.7 Å². The summed E-state index contributed by atoms with van der Waals surface area (Å²) < 4.78 is 0. The fourth-order valence-electron chi connectivity index (χ4n) is 13.1. The summed E-state index contributed by atoms with van der Waals surface area (Å²) in [6, 6.07) is 7.65. The van der Waals surface area contributed by atoms with E-state index < -0.39 is 5.97 Å². The molecule has 4 nitrogen and oxygen atoms in total. The second kappa shape index (κ2) is 11.4. The third-order valence-electron chi connectivity index (χ3n) is 15.5. The number of aromatic carboxylic acids is 1. The Kier molecular flexibility index (Phi) is 8.33. The highest BCUT2D eigenvalue weighted by Gasteiger charge is 2.70. The van der Waals surface area contributed by atoms with Gasteiger partial charge in [0.2, 0.25) is 0 Å². The lowest BCUT2D eigenvalue weighted by Gasteiger charge is -2.72. The van der Waals surface area contributed by atoms with Crippen molar-refractivity contribution in [3.05, 3.63) is 53.6 Å². The van der Waals surface area contributed by atoms with Crippen LogP contribution in [0.4, 0.5) is 0 Å². The highest BCUT2D eigenvalue weighted by atomic mass is 16.4. The maximum Gasteiger partial charge on any atom is 0.335 e. The molecule has 0 radical (unpaired) electrons. The van der Waals surface area contributed by atoms with Crippen molar-refractivity contribution in [1.29, 1.82) is 0 Å². The maximum atomic E-state index is 11.5. The van der Waals surface area contributed by atoms with Crippen LogP contribution in [0.15, 0.2) is 42.5 Å². The van der Waals surface area contributed by atoms with Gasteiger partial charge in [-0.3, -0.25) is 0 Å². The first kappa shape index (κ1) is 33.0. The van der Waals surface area contributed by atoms with Gasteiger partial charge < -0.3 is 15.3 Å². The summed E-state index contributed by atoms with van der Waals surface area (Å²) in [5, 5.41) is 13.4. The van der Waals surface area contributed by atoms with Crippen molar-refractivity contribution in [3.8, 4) is 0 Å². The fourth-order valence-corrected chi connectivity index (χ4v) is 13.1. The van der Waals surface area contributed by atoms with Gasteiger partial charge in [0.05, 0.1) is 5.56 Å². The third-order valence-corrected chi connectivity index (χ3v) is 15.5. The fraction of sp³-hybridized carbons (Fsp3) is 0.732. The van der Waals surface area contributed by atoms with Gasteiger partial charge in [0.25, 0.3) is 0 Å². The predicted molar refractivity (Wildman–Crippen MR) is 187 cm³/mol. The van der Waals surface area contributed by atoms with E-state index in [2.05, 4.69) is 78.5 Å². The molecule has 0 spiro atoms. The maximum absolute atomic E-state index is 11.5. The van der Waals surface area contributed by atoms with Crippen LogP contribution in [0.2, 0.25) is 0 Å². The van der Waals surface area contributed by atoms with Crippen LogP contribution in [-0.2, 0) is 0 Å². The minimum atomic E-state index is -0.852. The first-order chi connectivity index (χ1) is 21.1. The summed E-state index contributed by atoms with van der Waals surface area (Å²) in [6.45, 7) is 23.4. The highest BCUT2D eigenvalue weighted by molar-refractivity contribution is 5.88. The van der Waals surface area contributed by atoms with Crippen LogP contribution in [0.3, 0.4) is 0 Å². The zero-order valence-electron chi connectivity index (χ0n) is 29.8. The summed E-state index contributed by atoms with van der Waals surface area (Å²) in [7, 11) is 4.36. The molecule has 9 atom stereocenters. The van der Waals surface area contributed by atoms with Gasteiger partial charge in [-0.05, 0) is 159 Å². The number of benzene rings is 1. The second-order valence-corrected chi connectivity index (χ2v) is 18.0. The van der Waals surface area contributed by atoms with Gasteiger partial charge in [0.1, 0.15) is 0 Å². The number of carboxylic acid groups (broad SMARTS) is 1. The van der Waals surface area contributed by atoms with Crippen molar-refractivity contribution in [2.45, 2.75) is 99.3 Å². The number of likely N-dealkylation sites (N-methyl/N-ethyl adjacent to an activating group) is 1. The monoisotopic (exact) mass is 614 g/mol. The molecule has 5 aliphatic rings. The van der Waals surface area contributed by atoms with Gasteiger partial charge in [-0.2, -0.15) is 0 Å². The number of rotatable bonds is 8. The standard InChI is InChI=1S/C41H62N2O2/c1-27(2)30-16-21-41(26-42-24-25-43(8)9)23-22-39(6)32(35(30)41)14-15-34-38(5)19-17-31(28-10-12-29(13-11-28)36(44)45)37(3,4)33(38)18-20-40(34,39)7/h10-13,17,30,32-35,42H,1,14-16,18-26H2,2-9H3,(H,44,45)/t30-,32+,33-,34+,35+,38-,39+,40+,41+/m0/s1. The Bertz CT molecular complexity index is 1340. The minimum Gasteiger partial charge on any atom is -0.478 e. The van der Waals surface area contributed by atoms with Gasteiger partial charge in [-0.25, -0.2) is 4.79 Å². The number of hydrogen-bond donors (Lipinski definition) is 2. The second-order valence-electron chi connectivity index (χ2n) is 18.0. The zero-order chi connectivity index (χ0) is 32.6. The summed E-state index contributed by atoms with van der Waals surface area (Å²) >= 11 is 0. The number of carbonyl (C=O) groups is 1. The molecule has 248 valence electrons. The molecule has 4 heteroatoms. The predicted octanol–water partition coefficient (Wildman–Crippen LogP) is 9.19. The van der Waals surface area contributed by atoms with E-state index >= 15 is 0 Å². The normalized spacial score (nSPS) is 41.8. The SMILES string of the molecule is C=C(C)[C@@H]1CC[C@]2(CNCCN(C)C)CC[C@]3(C)[C@H](CC[C@@H]4[C@@]5(C)CC=C(c6ccc(C(=O)O)cc6)C(C)(C)[C@@H]5CC[C@]43C)[C@@H]12. The van der Waals surface area contributed by atoms with Crippen molar-refractivity contribution < 1.29 is 9.90 Å². The van der Waals surface area contributed by atoms with Crippen molar-refractivity contribution in [3.63, 3.8) is 0 Å². The molecule has 2 N–H and O–H groups in total. The molecule has 45 heavy (non-hydrogen) atoms. The molecule has 0 heterocycles. The molecule has 0 amide bonds. The summed E-state index contributed by atoms with van der Waals surface area (Å²) in [5.74, 6) is 2.71. The van der Waals surface area contributed by atoms with E-state index in [1.165, 1.54) is 74.6 Å². The van der Waals surface area contributed by atoms with Gasteiger partial charge >= 0.3 is 5.97 Å². The molecular formula is C41H62N2O2. The average molecular weight is 615 g/mol. The van der Waals surface area contributed by atoms with Gasteiger partial charge in [-0.1, -0.05) is 65.0 Å². The molecule has 0 saturated heterocycles. The largest absolute Gasteiger partial charge is 0.478 e. The third kappa shape index (κ3) is 4.93. The van der Waals surface area contributed by atoms with Crippen LogP contribution >= 0.6 is 0 Å². The summed E-state index contributed by atoms with van der Waals surface area (Å²) in [5.41, 5.74) is 5.88. The van der Waals surface area contributed by atoms with Crippen LogP contribution in [0.25, 0.3) is 5.57 Å². The molecular weight excluding hydrogens is 552 g/mol. The lowest BCUT2D eigenvalue weighted by molar-refractivity contribution is -0.225. The molecule has 1 aromatic carbocycles. The molecule has 0 aliphatic heterocycles. The number of allylic oxidation sites excluding steroid dienone is 3. The van der Waals surface area contributed by atoms with Crippen LogP contribution < -0.4 is 5.32 Å². The summed E-state index contributed by atoms with van der Waals surface area (Å²) in [6.07, 6.45) is 14.5.